The molecule has 0 fully saturated rings. The molecule has 0 bridgehead atoms. The number of pyridine rings is 2. The Morgan fingerprint density at radius 3 is 2.41 bits per heavy atom. The fourth-order valence-corrected chi connectivity index (χ4v) is 4.82. The zero-order chi connectivity index (χ0) is 28.6. The fourth-order valence-electron chi connectivity index (χ4n) is 4.00. The molecule has 0 atom stereocenters. The highest BCUT2D eigenvalue weighted by Crippen LogP contribution is 2.45. The number of hydrogen-bond donors (Lipinski definition) is 3. The van der Waals surface area contributed by atoms with Gasteiger partial charge in [0.2, 0.25) is 0 Å². The number of amides is 2. The van der Waals surface area contributed by atoms with E-state index in [0.29, 0.717) is 43.4 Å². The smallest absolute Gasteiger partial charge is 0.383 e. The lowest BCUT2D eigenvalue weighted by Gasteiger charge is -2.12. The minimum Gasteiger partial charge on any atom is -0.383 e. The summed E-state index contributed by atoms with van der Waals surface area (Å²) in [4.78, 5) is 32.1. The van der Waals surface area contributed by atoms with Crippen LogP contribution in [0.25, 0.3) is 33.3 Å². The number of halogens is 6. The normalized spacial score (nSPS) is 11.5. The number of carbonyl (C=O) groups is 2. The zero-order valence-electron chi connectivity index (χ0n) is 20.0. The van der Waals surface area contributed by atoms with E-state index in [1.807, 2.05) is 4.57 Å². The second-order valence-electron chi connectivity index (χ2n) is 8.29. The maximum Gasteiger partial charge on any atom is 0.405 e. The standard InChI is InChI=1S/C25H18BrClF4N6O2/c1-11(28)23(38)36-14-5-3-12(4-6-14)20-17(18-21(37(20)2)15(26)9-34-22(18)32)13-7-16(27)19(33-8-13)24(39)35-10-25(29,30)31/h3-9H,1,10H2,2H3,(H2,32,34)(H,35,39)(H,36,38). The first-order valence-corrected chi connectivity index (χ1v) is 12.1. The van der Waals surface area contributed by atoms with Crippen LogP contribution < -0.4 is 16.4 Å². The number of alkyl halides is 3. The molecule has 0 radical (unpaired) electrons. The molecule has 0 aliphatic rings. The summed E-state index contributed by atoms with van der Waals surface area (Å²) in [5.74, 6) is -3.02. The third kappa shape index (κ3) is 5.73. The van der Waals surface area contributed by atoms with Crippen LogP contribution in [0.15, 0.2) is 59.6 Å². The van der Waals surface area contributed by atoms with E-state index in [1.54, 1.807) is 36.6 Å². The second-order valence-corrected chi connectivity index (χ2v) is 9.55. The average molecular weight is 626 g/mol. The molecule has 0 unspecified atom stereocenters. The van der Waals surface area contributed by atoms with Gasteiger partial charge in [-0.3, -0.25) is 9.59 Å². The van der Waals surface area contributed by atoms with Crippen LogP contribution in [-0.4, -0.2) is 39.1 Å². The number of nitrogens with two attached hydrogens (primary N) is 1. The van der Waals surface area contributed by atoms with Gasteiger partial charge in [-0.2, -0.15) is 13.2 Å². The Morgan fingerprint density at radius 1 is 1.15 bits per heavy atom. The number of benzene rings is 1. The van der Waals surface area contributed by atoms with E-state index >= 15 is 0 Å². The number of carbonyl (C=O) groups excluding carboxylic acids is 2. The van der Waals surface area contributed by atoms with Crippen molar-refractivity contribution in [1.29, 1.82) is 0 Å². The maximum absolute atomic E-state index is 13.1. The number of aromatic nitrogens is 3. The van der Waals surface area contributed by atoms with Crippen LogP contribution in [0.5, 0.6) is 0 Å². The van der Waals surface area contributed by atoms with Crippen molar-refractivity contribution in [1.82, 2.24) is 19.9 Å². The largest absolute Gasteiger partial charge is 0.405 e. The monoisotopic (exact) mass is 624 g/mol. The summed E-state index contributed by atoms with van der Waals surface area (Å²) in [5.41, 5.74) is 9.08. The molecule has 4 rings (SSSR count). The SMILES string of the molecule is C=C(F)C(=O)Nc1ccc(-c2c(-c3cnc(C(=O)NCC(F)(F)F)c(Cl)c3)c3c(N)ncc(Br)c3n2C)cc1. The molecule has 0 aliphatic carbocycles. The molecule has 0 saturated carbocycles. The molecule has 3 aromatic heterocycles. The summed E-state index contributed by atoms with van der Waals surface area (Å²) < 4.78 is 53.2. The van der Waals surface area contributed by atoms with Gasteiger partial charge in [-0.05, 0) is 39.7 Å². The summed E-state index contributed by atoms with van der Waals surface area (Å²) in [6.07, 6.45) is -1.77. The van der Waals surface area contributed by atoms with E-state index in [9.17, 15) is 27.2 Å². The van der Waals surface area contributed by atoms with Gasteiger partial charge in [-0.15, -0.1) is 0 Å². The molecule has 0 spiro atoms. The number of nitrogens with zero attached hydrogens (tertiary/aromatic N) is 3. The van der Waals surface area contributed by atoms with Crippen molar-refractivity contribution < 1.29 is 27.2 Å². The van der Waals surface area contributed by atoms with E-state index < -0.39 is 30.4 Å². The van der Waals surface area contributed by atoms with E-state index in [-0.39, 0.29) is 16.5 Å². The van der Waals surface area contributed by atoms with Gasteiger partial charge in [0, 0.05) is 36.3 Å². The lowest BCUT2D eigenvalue weighted by molar-refractivity contribution is -0.123. The van der Waals surface area contributed by atoms with Crippen molar-refractivity contribution in [2.24, 2.45) is 7.05 Å². The van der Waals surface area contributed by atoms with Crippen molar-refractivity contribution >= 4 is 61.8 Å². The Bertz CT molecular complexity index is 1640. The van der Waals surface area contributed by atoms with Crippen molar-refractivity contribution in [3.8, 4) is 22.4 Å². The number of rotatable bonds is 6. The molecular weight excluding hydrogens is 608 g/mol. The zero-order valence-corrected chi connectivity index (χ0v) is 22.3. The molecule has 4 aromatic rings. The summed E-state index contributed by atoms with van der Waals surface area (Å²) in [5, 5.41) is 4.47. The Balaban J connectivity index is 1.86. The van der Waals surface area contributed by atoms with Crippen LogP contribution in [0.4, 0.5) is 29.1 Å². The van der Waals surface area contributed by atoms with Crippen LogP contribution in [0.1, 0.15) is 10.5 Å². The molecule has 202 valence electrons. The Labute approximate surface area is 232 Å². The number of hydrogen-bond acceptors (Lipinski definition) is 5. The summed E-state index contributed by atoms with van der Waals surface area (Å²) in [7, 11) is 1.78. The minimum absolute atomic E-state index is 0.179. The summed E-state index contributed by atoms with van der Waals surface area (Å²) >= 11 is 9.79. The van der Waals surface area contributed by atoms with E-state index in [1.165, 1.54) is 18.5 Å². The highest BCUT2D eigenvalue weighted by atomic mass is 79.9. The molecule has 4 N–H and O–H groups in total. The number of nitrogens with one attached hydrogen (secondary N) is 2. The molecule has 0 aliphatic heterocycles. The minimum atomic E-state index is -4.60. The van der Waals surface area contributed by atoms with E-state index in [2.05, 4.69) is 37.8 Å². The summed E-state index contributed by atoms with van der Waals surface area (Å²) in [6, 6.07) is 7.89. The lowest BCUT2D eigenvalue weighted by atomic mass is 9.99. The van der Waals surface area contributed by atoms with Crippen LogP contribution in [-0.2, 0) is 11.8 Å². The molecule has 39 heavy (non-hydrogen) atoms. The fraction of sp³-hybridized carbons (Fsp3) is 0.120. The van der Waals surface area contributed by atoms with Gasteiger partial charge in [0.05, 0.1) is 26.1 Å². The molecular formula is C25H18BrClF4N6O2. The Hall–Kier alpha value is -3.97. The Kier molecular flexibility index (Phi) is 7.66. The van der Waals surface area contributed by atoms with Gasteiger partial charge in [-0.25, -0.2) is 14.4 Å². The van der Waals surface area contributed by atoms with Crippen LogP contribution >= 0.6 is 27.5 Å². The topological polar surface area (TPSA) is 115 Å². The first kappa shape index (κ1) is 28.0. The molecule has 1 aromatic carbocycles. The predicted octanol–water partition coefficient (Wildman–Crippen LogP) is 6.01. The first-order valence-electron chi connectivity index (χ1n) is 11.0. The Morgan fingerprint density at radius 2 is 1.82 bits per heavy atom. The number of aryl methyl sites for hydroxylation is 1. The highest BCUT2D eigenvalue weighted by molar-refractivity contribution is 9.10. The number of anilines is 2. The van der Waals surface area contributed by atoms with Crippen molar-refractivity contribution in [3.05, 3.63) is 70.3 Å². The van der Waals surface area contributed by atoms with Gasteiger partial charge in [-0.1, -0.05) is 30.3 Å². The van der Waals surface area contributed by atoms with Gasteiger partial charge in [0.25, 0.3) is 11.8 Å². The van der Waals surface area contributed by atoms with Gasteiger partial charge < -0.3 is 20.9 Å². The van der Waals surface area contributed by atoms with Crippen LogP contribution in [0, 0.1) is 0 Å². The molecule has 14 heteroatoms. The average Bonchev–Trinajstić information content (AvgIpc) is 3.18. The third-order valence-corrected chi connectivity index (χ3v) is 6.52. The number of nitrogen functional groups attached to an aromatic ring is 1. The van der Waals surface area contributed by atoms with Crippen LogP contribution in [0.3, 0.4) is 0 Å². The van der Waals surface area contributed by atoms with Gasteiger partial charge in [0.15, 0.2) is 5.83 Å². The molecule has 2 amide bonds. The maximum atomic E-state index is 13.1. The molecule has 3 heterocycles. The van der Waals surface area contributed by atoms with Crippen LogP contribution in [0.2, 0.25) is 5.02 Å². The lowest BCUT2D eigenvalue weighted by Crippen LogP contribution is -2.34. The second kappa shape index (κ2) is 10.7. The first-order chi connectivity index (χ1) is 18.3. The van der Waals surface area contributed by atoms with E-state index in [4.69, 9.17) is 17.3 Å². The van der Waals surface area contributed by atoms with Crippen molar-refractivity contribution in [2.75, 3.05) is 17.6 Å². The molecule has 8 nitrogen and oxygen atoms in total. The predicted molar refractivity (Wildman–Crippen MR) is 144 cm³/mol. The van der Waals surface area contributed by atoms with Crippen molar-refractivity contribution in [3.63, 3.8) is 0 Å². The number of fused-ring (bicyclic) bond motifs is 1. The highest BCUT2D eigenvalue weighted by Gasteiger charge is 2.29. The quantitative estimate of drug-likeness (QED) is 0.179. The van der Waals surface area contributed by atoms with E-state index in [0.717, 1.165) is 0 Å². The third-order valence-electron chi connectivity index (χ3n) is 5.65. The van der Waals surface area contributed by atoms with Crippen molar-refractivity contribution in [2.45, 2.75) is 6.18 Å². The van der Waals surface area contributed by atoms with Gasteiger partial charge in [0.1, 0.15) is 18.1 Å². The molecule has 0 saturated heterocycles. The summed E-state index contributed by atoms with van der Waals surface area (Å²) in [6.45, 7) is 1.43. The van der Waals surface area contributed by atoms with Gasteiger partial charge >= 0.3 is 6.18 Å².